The molecular formula is C21H23N5O. The van der Waals surface area contributed by atoms with Crippen LogP contribution in [0.2, 0.25) is 0 Å². The molecule has 0 bridgehead atoms. The van der Waals surface area contributed by atoms with Gasteiger partial charge in [-0.1, -0.05) is 12.1 Å². The van der Waals surface area contributed by atoms with Gasteiger partial charge in [0, 0.05) is 35.7 Å². The lowest BCUT2D eigenvalue weighted by Crippen LogP contribution is -2.06. The highest BCUT2D eigenvalue weighted by molar-refractivity contribution is 5.88. The van der Waals surface area contributed by atoms with Crippen LogP contribution in [-0.4, -0.2) is 15.9 Å². The van der Waals surface area contributed by atoms with Gasteiger partial charge in [0.25, 0.3) is 0 Å². The van der Waals surface area contributed by atoms with E-state index in [1.165, 1.54) is 12.5 Å². The summed E-state index contributed by atoms with van der Waals surface area (Å²) in [5, 5.41) is 9.32. The van der Waals surface area contributed by atoms with Gasteiger partial charge in [-0.05, 0) is 62.2 Å². The summed E-state index contributed by atoms with van der Waals surface area (Å²) in [4.78, 5) is 20.1. The Bertz CT molecular complexity index is 967. The largest absolute Gasteiger partial charge is 0.340 e. The Morgan fingerprint density at radius 3 is 2.26 bits per heavy atom. The molecule has 2 aromatic carbocycles. The lowest BCUT2D eigenvalue weighted by molar-refractivity contribution is -0.114. The van der Waals surface area contributed by atoms with Crippen LogP contribution in [0.5, 0.6) is 0 Å². The number of aromatic nitrogens is 2. The van der Waals surface area contributed by atoms with Crippen LogP contribution in [0.4, 0.5) is 28.8 Å². The number of rotatable bonds is 5. The monoisotopic (exact) mass is 361 g/mol. The number of carbonyl (C=O) groups excluding carboxylic acids is 1. The van der Waals surface area contributed by atoms with E-state index in [-0.39, 0.29) is 5.91 Å². The lowest BCUT2D eigenvalue weighted by atomic mass is 10.1. The standard InChI is InChI=1S/C21H23N5O/c1-13-5-6-14(2)19(11-13)25-20-12-15(3)22-21(26-20)24-18-9-7-17(8-10-18)23-16(4)27/h5-12H,1-4H3,(H,23,27)(H2,22,24,25,26). The first-order chi connectivity index (χ1) is 12.9. The quantitative estimate of drug-likeness (QED) is 0.605. The summed E-state index contributed by atoms with van der Waals surface area (Å²) in [6, 6.07) is 15.6. The minimum absolute atomic E-state index is 0.0973. The molecule has 1 heterocycles. The molecule has 0 aliphatic heterocycles. The van der Waals surface area contributed by atoms with Crippen LogP contribution in [0.15, 0.2) is 48.5 Å². The first kappa shape index (κ1) is 18.4. The molecule has 0 spiro atoms. The topological polar surface area (TPSA) is 78.9 Å². The van der Waals surface area contributed by atoms with E-state index in [1.807, 2.05) is 37.3 Å². The van der Waals surface area contributed by atoms with Crippen molar-refractivity contribution in [3.05, 3.63) is 65.4 Å². The number of anilines is 5. The summed E-state index contributed by atoms with van der Waals surface area (Å²) in [5.41, 5.74) is 5.81. The summed E-state index contributed by atoms with van der Waals surface area (Å²) in [6.07, 6.45) is 0. The van der Waals surface area contributed by atoms with Crippen molar-refractivity contribution < 1.29 is 4.79 Å². The van der Waals surface area contributed by atoms with Crippen molar-refractivity contribution in [2.24, 2.45) is 0 Å². The van der Waals surface area contributed by atoms with Crippen LogP contribution in [0.25, 0.3) is 0 Å². The summed E-state index contributed by atoms with van der Waals surface area (Å²) in [5.74, 6) is 1.14. The summed E-state index contributed by atoms with van der Waals surface area (Å²) < 4.78 is 0. The highest BCUT2D eigenvalue weighted by Crippen LogP contribution is 2.23. The summed E-state index contributed by atoms with van der Waals surface area (Å²) >= 11 is 0. The molecule has 27 heavy (non-hydrogen) atoms. The predicted octanol–water partition coefficient (Wildman–Crippen LogP) is 4.85. The van der Waals surface area contributed by atoms with E-state index < -0.39 is 0 Å². The van der Waals surface area contributed by atoms with Crippen LogP contribution in [-0.2, 0) is 4.79 Å². The molecule has 0 unspecified atom stereocenters. The van der Waals surface area contributed by atoms with Gasteiger partial charge < -0.3 is 16.0 Å². The zero-order valence-electron chi connectivity index (χ0n) is 15.9. The molecule has 1 aromatic heterocycles. The van der Waals surface area contributed by atoms with Gasteiger partial charge >= 0.3 is 0 Å². The van der Waals surface area contributed by atoms with E-state index in [2.05, 4.69) is 58.0 Å². The van der Waals surface area contributed by atoms with E-state index in [4.69, 9.17) is 0 Å². The van der Waals surface area contributed by atoms with E-state index in [9.17, 15) is 4.79 Å². The number of hydrogen-bond donors (Lipinski definition) is 3. The number of carbonyl (C=O) groups is 1. The van der Waals surface area contributed by atoms with Crippen molar-refractivity contribution in [3.63, 3.8) is 0 Å². The number of nitrogens with one attached hydrogen (secondary N) is 3. The molecule has 6 heteroatoms. The molecule has 0 aliphatic rings. The second kappa shape index (κ2) is 7.86. The molecule has 0 radical (unpaired) electrons. The third-order valence-corrected chi connectivity index (χ3v) is 3.97. The first-order valence-corrected chi connectivity index (χ1v) is 8.74. The minimum Gasteiger partial charge on any atom is -0.340 e. The second-order valence-corrected chi connectivity index (χ2v) is 6.55. The fourth-order valence-corrected chi connectivity index (χ4v) is 2.67. The van der Waals surface area contributed by atoms with Crippen molar-refractivity contribution in [2.45, 2.75) is 27.7 Å². The highest BCUT2D eigenvalue weighted by atomic mass is 16.1. The van der Waals surface area contributed by atoms with Crippen molar-refractivity contribution in [2.75, 3.05) is 16.0 Å². The Balaban J connectivity index is 1.79. The van der Waals surface area contributed by atoms with E-state index >= 15 is 0 Å². The fourth-order valence-electron chi connectivity index (χ4n) is 2.67. The second-order valence-electron chi connectivity index (χ2n) is 6.55. The average Bonchev–Trinajstić information content (AvgIpc) is 2.59. The van der Waals surface area contributed by atoms with Gasteiger partial charge in [-0.3, -0.25) is 4.79 Å². The van der Waals surface area contributed by atoms with Gasteiger partial charge in [-0.2, -0.15) is 4.98 Å². The lowest BCUT2D eigenvalue weighted by Gasteiger charge is -2.12. The molecule has 0 aliphatic carbocycles. The zero-order chi connectivity index (χ0) is 19.4. The van der Waals surface area contributed by atoms with E-state index in [0.29, 0.717) is 5.95 Å². The minimum atomic E-state index is -0.0973. The van der Waals surface area contributed by atoms with Crippen LogP contribution >= 0.6 is 0 Å². The molecule has 3 rings (SSSR count). The molecule has 3 aromatic rings. The Morgan fingerprint density at radius 2 is 1.56 bits per heavy atom. The van der Waals surface area contributed by atoms with Crippen molar-refractivity contribution in [1.29, 1.82) is 0 Å². The van der Waals surface area contributed by atoms with Gasteiger partial charge in [0.1, 0.15) is 5.82 Å². The Kier molecular flexibility index (Phi) is 5.35. The number of benzene rings is 2. The maximum absolute atomic E-state index is 11.1. The molecule has 0 atom stereocenters. The highest BCUT2D eigenvalue weighted by Gasteiger charge is 2.06. The normalized spacial score (nSPS) is 10.4. The molecular weight excluding hydrogens is 338 g/mol. The maximum atomic E-state index is 11.1. The van der Waals surface area contributed by atoms with Gasteiger partial charge in [-0.25, -0.2) is 4.98 Å². The number of nitrogens with zero attached hydrogens (tertiary/aromatic N) is 2. The van der Waals surface area contributed by atoms with Crippen molar-refractivity contribution in [3.8, 4) is 0 Å². The molecule has 0 fully saturated rings. The molecule has 3 N–H and O–H groups in total. The zero-order valence-corrected chi connectivity index (χ0v) is 15.9. The molecule has 6 nitrogen and oxygen atoms in total. The number of aryl methyl sites for hydroxylation is 3. The Hall–Kier alpha value is -3.41. The molecule has 0 saturated heterocycles. The first-order valence-electron chi connectivity index (χ1n) is 8.74. The van der Waals surface area contributed by atoms with Gasteiger partial charge in [0.15, 0.2) is 0 Å². The summed E-state index contributed by atoms with van der Waals surface area (Å²) in [7, 11) is 0. The smallest absolute Gasteiger partial charge is 0.229 e. The van der Waals surface area contributed by atoms with E-state index in [1.54, 1.807) is 0 Å². The maximum Gasteiger partial charge on any atom is 0.229 e. The number of hydrogen-bond acceptors (Lipinski definition) is 5. The molecule has 0 saturated carbocycles. The Morgan fingerprint density at radius 1 is 0.852 bits per heavy atom. The fraction of sp³-hybridized carbons (Fsp3) is 0.190. The van der Waals surface area contributed by atoms with Gasteiger partial charge in [0.2, 0.25) is 11.9 Å². The molecule has 1 amide bonds. The third kappa shape index (κ3) is 5.04. The predicted molar refractivity (Wildman–Crippen MR) is 110 cm³/mol. The number of amides is 1. The average molecular weight is 361 g/mol. The van der Waals surface area contributed by atoms with Crippen LogP contribution < -0.4 is 16.0 Å². The summed E-state index contributed by atoms with van der Waals surface area (Å²) in [6.45, 7) is 7.54. The van der Waals surface area contributed by atoms with Crippen LogP contribution in [0.3, 0.4) is 0 Å². The van der Waals surface area contributed by atoms with Gasteiger partial charge in [-0.15, -0.1) is 0 Å². The van der Waals surface area contributed by atoms with Crippen molar-refractivity contribution >= 4 is 34.7 Å². The van der Waals surface area contributed by atoms with Crippen LogP contribution in [0, 0.1) is 20.8 Å². The van der Waals surface area contributed by atoms with E-state index in [0.717, 1.165) is 34.1 Å². The molecule has 138 valence electrons. The van der Waals surface area contributed by atoms with Crippen LogP contribution in [0.1, 0.15) is 23.7 Å². The van der Waals surface area contributed by atoms with Crippen molar-refractivity contribution in [1.82, 2.24) is 9.97 Å². The Labute approximate surface area is 159 Å². The SMILES string of the molecule is CC(=O)Nc1ccc(Nc2nc(C)cc(Nc3cc(C)ccc3C)n2)cc1. The van der Waals surface area contributed by atoms with Gasteiger partial charge in [0.05, 0.1) is 0 Å². The third-order valence-electron chi connectivity index (χ3n) is 3.97.